The average molecular weight is 261 g/mol. The van der Waals surface area contributed by atoms with E-state index < -0.39 is 0 Å². The standard InChI is InChI=1S/C12H19N7/c1-9-8-18(7-5-13-9)12-15-11(16-17-12)10(2)19-6-3-4-14-19/h3-4,6,9-10,13H,5,7-8H2,1-2H3,(H,15,16,17)/t9-,10?/m1/s1. The summed E-state index contributed by atoms with van der Waals surface area (Å²) in [5, 5.41) is 15.0. The molecule has 0 aliphatic carbocycles. The molecule has 1 fully saturated rings. The first-order valence-electron chi connectivity index (χ1n) is 6.64. The molecule has 0 amide bonds. The third-order valence-electron chi connectivity index (χ3n) is 3.46. The van der Waals surface area contributed by atoms with E-state index in [0.29, 0.717) is 6.04 Å². The Hall–Kier alpha value is -1.89. The molecule has 102 valence electrons. The highest BCUT2D eigenvalue weighted by atomic mass is 15.4. The van der Waals surface area contributed by atoms with E-state index in [4.69, 9.17) is 0 Å². The van der Waals surface area contributed by atoms with Crippen molar-refractivity contribution in [2.75, 3.05) is 24.5 Å². The van der Waals surface area contributed by atoms with Crippen molar-refractivity contribution in [1.29, 1.82) is 0 Å². The highest BCUT2D eigenvalue weighted by molar-refractivity contribution is 5.30. The van der Waals surface area contributed by atoms with Crippen LogP contribution in [0.4, 0.5) is 5.95 Å². The summed E-state index contributed by atoms with van der Waals surface area (Å²) in [5.74, 6) is 1.62. The quantitative estimate of drug-likeness (QED) is 0.837. The smallest absolute Gasteiger partial charge is 0.244 e. The van der Waals surface area contributed by atoms with E-state index in [2.05, 4.69) is 44.3 Å². The number of hydrogen-bond donors (Lipinski definition) is 2. The van der Waals surface area contributed by atoms with Crippen LogP contribution < -0.4 is 10.2 Å². The molecule has 0 bridgehead atoms. The number of aromatic nitrogens is 5. The molecule has 2 aromatic heterocycles. The molecule has 1 unspecified atom stereocenters. The first kappa shape index (κ1) is 12.2. The molecular weight excluding hydrogens is 242 g/mol. The Morgan fingerprint density at radius 2 is 2.37 bits per heavy atom. The molecule has 1 aliphatic heterocycles. The van der Waals surface area contributed by atoms with E-state index >= 15 is 0 Å². The summed E-state index contributed by atoms with van der Waals surface area (Å²) >= 11 is 0. The summed E-state index contributed by atoms with van der Waals surface area (Å²) < 4.78 is 1.87. The van der Waals surface area contributed by atoms with E-state index in [0.717, 1.165) is 31.4 Å². The Kier molecular flexibility index (Phi) is 3.20. The molecule has 0 spiro atoms. The maximum atomic E-state index is 4.59. The molecule has 0 saturated carbocycles. The molecular formula is C12H19N7. The van der Waals surface area contributed by atoms with Gasteiger partial charge in [-0.1, -0.05) is 0 Å². The monoisotopic (exact) mass is 261 g/mol. The predicted octanol–water partition coefficient (Wildman–Crippen LogP) is 0.409. The zero-order chi connectivity index (χ0) is 13.2. The van der Waals surface area contributed by atoms with Gasteiger partial charge in [-0.2, -0.15) is 10.1 Å². The first-order valence-corrected chi connectivity index (χ1v) is 6.64. The van der Waals surface area contributed by atoms with Gasteiger partial charge in [0.2, 0.25) is 5.95 Å². The summed E-state index contributed by atoms with van der Waals surface area (Å²) in [6.45, 7) is 7.08. The fourth-order valence-electron chi connectivity index (χ4n) is 2.34. The van der Waals surface area contributed by atoms with Gasteiger partial charge in [-0.05, 0) is 19.9 Å². The van der Waals surface area contributed by atoms with Crippen LogP contribution in [0.25, 0.3) is 0 Å². The fourth-order valence-corrected chi connectivity index (χ4v) is 2.34. The molecule has 2 atom stereocenters. The number of hydrogen-bond acceptors (Lipinski definition) is 5. The maximum Gasteiger partial charge on any atom is 0.244 e. The van der Waals surface area contributed by atoms with Gasteiger partial charge in [-0.15, -0.1) is 5.10 Å². The Balaban J connectivity index is 1.76. The summed E-state index contributed by atoms with van der Waals surface area (Å²) in [4.78, 5) is 6.80. The second-order valence-corrected chi connectivity index (χ2v) is 4.98. The minimum Gasteiger partial charge on any atom is -0.337 e. The van der Waals surface area contributed by atoms with Crippen LogP contribution in [0.15, 0.2) is 18.5 Å². The molecule has 1 saturated heterocycles. The number of piperazine rings is 1. The van der Waals surface area contributed by atoms with E-state index in [1.54, 1.807) is 6.20 Å². The topological polar surface area (TPSA) is 74.7 Å². The molecule has 7 nitrogen and oxygen atoms in total. The third-order valence-corrected chi connectivity index (χ3v) is 3.46. The number of aromatic amines is 1. The van der Waals surface area contributed by atoms with Crippen LogP contribution in [-0.2, 0) is 0 Å². The van der Waals surface area contributed by atoms with Crippen LogP contribution in [0.2, 0.25) is 0 Å². The second-order valence-electron chi connectivity index (χ2n) is 4.98. The summed E-state index contributed by atoms with van der Waals surface area (Å²) in [5.41, 5.74) is 0. The van der Waals surface area contributed by atoms with Gasteiger partial charge in [0.05, 0.1) is 0 Å². The lowest BCUT2D eigenvalue weighted by Gasteiger charge is -2.30. The summed E-state index contributed by atoms with van der Waals surface area (Å²) in [6, 6.07) is 2.45. The lowest BCUT2D eigenvalue weighted by Crippen LogP contribution is -2.49. The van der Waals surface area contributed by atoms with Crippen LogP contribution in [0.5, 0.6) is 0 Å². The van der Waals surface area contributed by atoms with E-state index in [1.165, 1.54) is 0 Å². The Morgan fingerprint density at radius 3 is 3.11 bits per heavy atom. The van der Waals surface area contributed by atoms with Gasteiger partial charge in [-0.25, -0.2) is 0 Å². The van der Waals surface area contributed by atoms with Gasteiger partial charge >= 0.3 is 0 Å². The van der Waals surface area contributed by atoms with Gasteiger partial charge in [0.25, 0.3) is 0 Å². The normalized spacial score (nSPS) is 21.6. The number of rotatable bonds is 3. The molecule has 2 aromatic rings. The number of nitrogens with zero attached hydrogens (tertiary/aromatic N) is 5. The lowest BCUT2D eigenvalue weighted by molar-refractivity contribution is 0.479. The Labute approximate surface area is 112 Å². The molecule has 2 N–H and O–H groups in total. The number of anilines is 1. The first-order chi connectivity index (χ1) is 9.24. The van der Waals surface area contributed by atoms with Crippen molar-refractivity contribution in [2.24, 2.45) is 0 Å². The lowest BCUT2D eigenvalue weighted by atomic mass is 10.2. The number of H-pyrrole nitrogens is 1. The van der Waals surface area contributed by atoms with Gasteiger partial charge in [-0.3, -0.25) is 9.78 Å². The zero-order valence-electron chi connectivity index (χ0n) is 11.2. The molecule has 0 aromatic carbocycles. The maximum absolute atomic E-state index is 4.59. The number of nitrogens with one attached hydrogen (secondary N) is 2. The van der Waals surface area contributed by atoms with Gasteiger partial charge in [0, 0.05) is 38.1 Å². The third kappa shape index (κ3) is 2.46. The molecule has 19 heavy (non-hydrogen) atoms. The van der Waals surface area contributed by atoms with Crippen molar-refractivity contribution in [3.63, 3.8) is 0 Å². The molecule has 0 radical (unpaired) electrons. The summed E-state index contributed by atoms with van der Waals surface area (Å²) in [7, 11) is 0. The van der Waals surface area contributed by atoms with Gasteiger partial charge in [0.15, 0.2) is 5.82 Å². The largest absolute Gasteiger partial charge is 0.337 e. The highest BCUT2D eigenvalue weighted by Gasteiger charge is 2.21. The van der Waals surface area contributed by atoms with Crippen LogP contribution in [0.3, 0.4) is 0 Å². The van der Waals surface area contributed by atoms with E-state index in [1.807, 2.05) is 16.9 Å². The minimum absolute atomic E-state index is 0.0663. The van der Waals surface area contributed by atoms with Crippen molar-refractivity contribution in [2.45, 2.75) is 25.9 Å². The molecule has 7 heteroatoms. The van der Waals surface area contributed by atoms with Crippen LogP contribution in [-0.4, -0.2) is 50.6 Å². The Morgan fingerprint density at radius 1 is 1.47 bits per heavy atom. The SMILES string of the molecule is CC(c1nc(N2CCN[C@H](C)C2)n[nH]1)n1cccn1. The van der Waals surface area contributed by atoms with Crippen molar-refractivity contribution in [3.8, 4) is 0 Å². The van der Waals surface area contributed by atoms with Crippen molar-refractivity contribution in [1.82, 2.24) is 30.3 Å². The van der Waals surface area contributed by atoms with E-state index in [9.17, 15) is 0 Å². The molecule has 1 aliphatic rings. The fraction of sp³-hybridized carbons (Fsp3) is 0.583. The van der Waals surface area contributed by atoms with Crippen molar-refractivity contribution >= 4 is 5.95 Å². The second kappa shape index (κ2) is 5.00. The van der Waals surface area contributed by atoms with Crippen LogP contribution in [0, 0.1) is 0 Å². The predicted molar refractivity (Wildman–Crippen MR) is 72.1 cm³/mol. The average Bonchev–Trinajstić information content (AvgIpc) is 3.10. The molecule has 3 rings (SSSR count). The highest BCUT2D eigenvalue weighted by Crippen LogP contribution is 2.16. The van der Waals surface area contributed by atoms with Gasteiger partial charge in [0.1, 0.15) is 6.04 Å². The van der Waals surface area contributed by atoms with Crippen molar-refractivity contribution in [3.05, 3.63) is 24.3 Å². The van der Waals surface area contributed by atoms with Crippen LogP contribution in [0.1, 0.15) is 25.7 Å². The van der Waals surface area contributed by atoms with E-state index in [-0.39, 0.29) is 6.04 Å². The summed E-state index contributed by atoms with van der Waals surface area (Å²) in [6.07, 6.45) is 3.70. The Bertz CT molecular complexity index is 518. The van der Waals surface area contributed by atoms with Crippen molar-refractivity contribution < 1.29 is 0 Å². The minimum atomic E-state index is 0.0663. The molecule has 3 heterocycles. The van der Waals surface area contributed by atoms with Gasteiger partial charge < -0.3 is 10.2 Å². The van der Waals surface area contributed by atoms with Crippen LogP contribution >= 0.6 is 0 Å². The zero-order valence-corrected chi connectivity index (χ0v) is 11.2.